The summed E-state index contributed by atoms with van der Waals surface area (Å²) in [5.41, 5.74) is 0.943. The molecule has 2 saturated heterocycles. The van der Waals surface area contributed by atoms with Gasteiger partial charge >= 0.3 is 0 Å². The van der Waals surface area contributed by atoms with Gasteiger partial charge in [0.2, 0.25) is 21.8 Å². The van der Waals surface area contributed by atoms with Gasteiger partial charge in [-0.05, 0) is 68.5 Å². The second kappa shape index (κ2) is 15.5. The van der Waals surface area contributed by atoms with E-state index in [1.807, 2.05) is 0 Å². The second-order valence-corrected chi connectivity index (χ2v) is 14.5. The van der Waals surface area contributed by atoms with Gasteiger partial charge in [0, 0.05) is 29.5 Å². The van der Waals surface area contributed by atoms with E-state index in [4.69, 9.17) is 27.9 Å². The highest BCUT2D eigenvalue weighted by atomic mass is 79.9. The molecule has 0 radical (unpaired) electrons. The van der Waals surface area contributed by atoms with Crippen LogP contribution in [0.3, 0.4) is 0 Å². The van der Waals surface area contributed by atoms with Crippen molar-refractivity contribution in [3.8, 4) is 0 Å². The number of sulfonamides is 1. The Kier molecular flexibility index (Phi) is 12.3. The Labute approximate surface area is 270 Å². The molecule has 43 heavy (non-hydrogen) atoms. The predicted octanol–water partition coefficient (Wildman–Crippen LogP) is 4.40. The number of carbonyl (C=O) groups excluding carboxylic acids is 2. The number of benzene rings is 2. The zero-order valence-electron chi connectivity index (χ0n) is 23.8. The zero-order valence-corrected chi connectivity index (χ0v) is 27.7. The Morgan fingerprint density at radius 1 is 1.19 bits per heavy atom. The average Bonchev–Trinajstić information content (AvgIpc) is 3.39. The number of nitrogens with one attached hydrogen (secondary N) is 3. The molecule has 9 nitrogen and oxygen atoms in total. The SMILES string of the molecule is CS(=O)(=O)N[C@H](CCC1CCNCC1)C(=O)N1C[C@H](OCc2ccc(Br)cc2F)C[C@H]1C(=O)NCc1cccc(Cl)c1Cl. The first kappa shape index (κ1) is 34.1. The van der Waals surface area contributed by atoms with Gasteiger partial charge in [0.05, 0.1) is 29.0 Å². The molecule has 0 spiro atoms. The smallest absolute Gasteiger partial charge is 0.243 e. The van der Waals surface area contributed by atoms with Crippen LogP contribution in [0.2, 0.25) is 10.0 Å². The maximum absolute atomic E-state index is 14.4. The Balaban J connectivity index is 1.51. The summed E-state index contributed by atoms with van der Waals surface area (Å²) in [7, 11) is -3.73. The van der Waals surface area contributed by atoms with Crippen LogP contribution in [0.1, 0.15) is 43.2 Å². The van der Waals surface area contributed by atoms with Gasteiger partial charge in [0.25, 0.3) is 0 Å². The lowest BCUT2D eigenvalue weighted by Gasteiger charge is -2.30. The normalized spacial score (nSPS) is 20.3. The summed E-state index contributed by atoms with van der Waals surface area (Å²) in [6, 6.07) is 7.76. The summed E-state index contributed by atoms with van der Waals surface area (Å²) >= 11 is 15.6. The lowest BCUT2D eigenvalue weighted by atomic mass is 9.91. The van der Waals surface area contributed by atoms with Gasteiger partial charge in [-0.15, -0.1) is 0 Å². The Hall–Kier alpha value is -1.80. The molecule has 2 heterocycles. The molecule has 2 aromatic rings. The van der Waals surface area contributed by atoms with Crippen LogP contribution in [0.25, 0.3) is 0 Å². The predicted molar refractivity (Wildman–Crippen MR) is 168 cm³/mol. The molecule has 0 aliphatic carbocycles. The molecular formula is C29H36BrCl2FN4O5S. The molecule has 0 aromatic heterocycles. The second-order valence-electron chi connectivity index (χ2n) is 11.1. The molecule has 2 aliphatic heterocycles. The van der Waals surface area contributed by atoms with Crippen LogP contribution < -0.4 is 15.4 Å². The first-order valence-corrected chi connectivity index (χ1v) is 17.6. The highest BCUT2D eigenvalue weighted by Gasteiger charge is 2.42. The van der Waals surface area contributed by atoms with Crippen LogP contribution in [0.5, 0.6) is 0 Å². The summed E-state index contributed by atoms with van der Waals surface area (Å²) < 4.78 is 48.0. The third kappa shape index (κ3) is 9.84. The summed E-state index contributed by atoms with van der Waals surface area (Å²) in [6.07, 6.45) is 3.45. The van der Waals surface area contributed by atoms with E-state index in [0.717, 1.165) is 32.2 Å². The quantitative estimate of drug-likeness (QED) is 0.300. The zero-order chi connectivity index (χ0) is 31.1. The van der Waals surface area contributed by atoms with Crippen LogP contribution in [0.15, 0.2) is 40.9 Å². The number of piperidine rings is 1. The van der Waals surface area contributed by atoms with E-state index in [1.165, 1.54) is 11.0 Å². The van der Waals surface area contributed by atoms with Gasteiger partial charge in [-0.25, -0.2) is 17.5 Å². The van der Waals surface area contributed by atoms with E-state index in [-0.39, 0.29) is 26.1 Å². The lowest BCUT2D eigenvalue weighted by Crippen LogP contribution is -2.53. The van der Waals surface area contributed by atoms with Gasteiger partial charge in [-0.2, -0.15) is 0 Å². The van der Waals surface area contributed by atoms with Crippen molar-refractivity contribution in [3.05, 3.63) is 67.9 Å². The van der Waals surface area contributed by atoms with Crippen molar-refractivity contribution >= 4 is 61.0 Å². The van der Waals surface area contributed by atoms with E-state index < -0.39 is 45.8 Å². The fourth-order valence-electron chi connectivity index (χ4n) is 5.51. The largest absolute Gasteiger partial charge is 0.371 e. The number of likely N-dealkylation sites (tertiary alicyclic amines) is 1. The van der Waals surface area contributed by atoms with Gasteiger partial charge in [0.1, 0.15) is 17.9 Å². The van der Waals surface area contributed by atoms with Crippen LogP contribution >= 0.6 is 39.1 Å². The number of rotatable bonds is 12. The number of carbonyl (C=O) groups is 2. The van der Waals surface area contributed by atoms with E-state index in [2.05, 4.69) is 31.3 Å². The molecular weight excluding hydrogens is 686 g/mol. The van der Waals surface area contributed by atoms with E-state index in [9.17, 15) is 22.4 Å². The molecule has 0 saturated carbocycles. The first-order chi connectivity index (χ1) is 20.4. The molecule has 2 amide bonds. The minimum atomic E-state index is -3.73. The molecule has 2 aromatic carbocycles. The Bertz CT molecular complexity index is 1410. The molecule has 0 bridgehead atoms. The summed E-state index contributed by atoms with van der Waals surface area (Å²) in [5, 5.41) is 6.80. The fourth-order valence-corrected chi connectivity index (χ4v) is 6.96. The molecule has 3 atom stereocenters. The first-order valence-electron chi connectivity index (χ1n) is 14.2. The standard InChI is InChI=1S/C29H36BrCl2FN4O5S/c1-43(40,41)36-25(8-5-18-9-11-34-12-10-18)29(39)37-16-22(42-17-20-6-7-21(30)13-24(20)33)14-26(37)28(38)35-15-19-3-2-4-23(31)27(19)32/h2-4,6-7,13,18,22,25-26,34,36H,5,8-12,14-17H2,1H3,(H,35,38)/t22-,25-,26+/m1/s1. The van der Waals surface area contributed by atoms with Gasteiger partial charge in [-0.1, -0.05) is 57.3 Å². The van der Waals surface area contributed by atoms with Gasteiger partial charge in [0.15, 0.2) is 0 Å². The molecule has 14 heteroatoms. The van der Waals surface area contributed by atoms with Crippen molar-refractivity contribution in [2.45, 2.75) is 63.4 Å². The van der Waals surface area contributed by atoms with Crippen molar-refractivity contribution in [2.24, 2.45) is 5.92 Å². The van der Waals surface area contributed by atoms with Crippen molar-refractivity contribution in [2.75, 3.05) is 25.9 Å². The van der Waals surface area contributed by atoms with E-state index in [0.29, 0.717) is 44.4 Å². The lowest BCUT2D eigenvalue weighted by molar-refractivity contribution is -0.140. The number of halogens is 4. The van der Waals surface area contributed by atoms with Crippen molar-refractivity contribution in [3.63, 3.8) is 0 Å². The minimum absolute atomic E-state index is 0.0439. The van der Waals surface area contributed by atoms with Crippen LogP contribution in [-0.2, 0) is 37.5 Å². The maximum atomic E-state index is 14.4. The minimum Gasteiger partial charge on any atom is -0.371 e. The Morgan fingerprint density at radius 3 is 2.63 bits per heavy atom. The molecule has 4 rings (SSSR count). The number of nitrogens with zero attached hydrogens (tertiary/aromatic N) is 1. The summed E-state index contributed by atoms with van der Waals surface area (Å²) in [6.45, 7) is 1.83. The maximum Gasteiger partial charge on any atom is 0.243 e. The number of hydrogen-bond donors (Lipinski definition) is 3. The number of hydrogen-bond acceptors (Lipinski definition) is 6. The van der Waals surface area contributed by atoms with E-state index in [1.54, 1.807) is 30.3 Å². The molecule has 236 valence electrons. The van der Waals surface area contributed by atoms with Gasteiger partial charge < -0.3 is 20.3 Å². The van der Waals surface area contributed by atoms with Crippen LogP contribution in [-0.4, -0.2) is 69.2 Å². The van der Waals surface area contributed by atoms with Gasteiger partial charge in [-0.3, -0.25) is 9.59 Å². The molecule has 0 unspecified atom stereocenters. The third-order valence-corrected chi connectivity index (χ3v) is 9.86. The van der Waals surface area contributed by atoms with E-state index >= 15 is 0 Å². The topological polar surface area (TPSA) is 117 Å². The molecule has 2 fully saturated rings. The van der Waals surface area contributed by atoms with Crippen LogP contribution in [0.4, 0.5) is 4.39 Å². The van der Waals surface area contributed by atoms with Crippen molar-refractivity contribution in [1.29, 1.82) is 0 Å². The van der Waals surface area contributed by atoms with Crippen LogP contribution in [0, 0.1) is 11.7 Å². The van der Waals surface area contributed by atoms with Crippen molar-refractivity contribution in [1.82, 2.24) is 20.3 Å². The number of amides is 2. The average molecular weight is 723 g/mol. The molecule has 2 aliphatic rings. The Morgan fingerprint density at radius 2 is 1.93 bits per heavy atom. The summed E-state index contributed by atoms with van der Waals surface area (Å²) in [5.74, 6) is -1.01. The van der Waals surface area contributed by atoms with Crippen molar-refractivity contribution < 1.29 is 27.1 Å². The fraction of sp³-hybridized carbons (Fsp3) is 0.517. The highest BCUT2D eigenvalue weighted by molar-refractivity contribution is 9.10. The monoisotopic (exact) mass is 720 g/mol. The summed E-state index contributed by atoms with van der Waals surface area (Å²) in [4.78, 5) is 28.8. The third-order valence-electron chi connectivity index (χ3n) is 7.80. The molecule has 3 N–H and O–H groups in total. The highest BCUT2D eigenvalue weighted by Crippen LogP contribution is 2.28. The number of ether oxygens (including phenoxy) is 1.